The molecule has 5 heterocycles. The Bertz CT molecular complexity index is 1820. The van der Waals surface area contributed by atoms with Crippen molar-refractivity contribution in [3.8, 4) is 0 Å². The van der Waals surface area contributed by atoms with Gasteiger partial charge in [0.25, 0.3) is 5.91 Å². The summed E-state index contributed by atoms with van der Waals surface area (Å²) in [5.41, 5.74) is 7.44. The Labute approximate surface area is 217 Å². The number of halogens is 3. The van der Waals surface area contributed by atoms with Gasteiger partial charge >= 0.3 is 6.18 Å². The van der Waals surface area contributed by atoms with Crippen LogP contribution in [0.1, 0.15) is 48.5 Å². The number of imidazole rings is 1. The van der Waals surface area contributed by atoms with Crippen molar-refractivity contribution in [3.05, 3.63) is 83.1 Å². The van der Waals surface area contributed by atoms with Crippen molar-refractivity contribution in [3.63, 3.8) is 0 Å². The molecule has 0 bridgehead atoms. The maximum Gasteiger partial charge on any atom is 0.417 e. The first-order chi connectivity index (χ1) is 18.8. The van der Waals surface area contributed by atoms with E-state index in [1.165, 1.54) is 23.1 Å². The third-order valence-electron chi connectivity index (χ3n) is 6.45. The van der Waals surface area contributed by atoms with Crippen molar-refractivity contribution in [1.82, 2.24) is 24.1 Å². The Morgan fingerprint density at radius 1 is 1.24 bits per heavy atom. The van der Waals surface area contributed by atoms with Crippen LogP contribution in [0.25, 0.3) is 16.6 Å². The number of benzene rings is 1. The van der Waals surface area contributed by atoms with E-state index < -0.39 is 24.1 Å². The van der Waals surface area contributed by atoms with Gasteiger partial charge in [0.05, 0.1) is 50.6 Å². The number of hydrogen-bond acceptors (Lipinski definition) is 6. The molecule has 1 aromatic carbocycles. The van der Waals surface area contributed by atoms with Crippen LogP contribution < -0.4 is 10.6 Å². The molecule has 0 saturated heterocycles. The molecule has 0 radical (unpaired) electrons. The predicted molar refractivity (Wildman–Crippen MR) is 133 cm³/mol. The molecule has 0 saturated carbocycles. The number of aromatic nitrogens is 5. The van der Waals surface area contributed by atoms with Gasteiger partial charge < -0.3 is 14.9 Å². The van der Waals surface area contributed by atoms with Gasteiger partial charge in [-0.1, -0.05) is 0 Å². The van der Waals surface area contributed by atoms with Crippen LogP contribution in [0.5, 0.6) is 0 Å². The summed E-state index contributed by atoms with van der Waals surface area (Å²) in [7, 11) is 1.61. The van der Waals surface area contributed by atoms with Gasteiger partial charge in [-0.15, -0.1) is 0 Å². The summed E-state index contributed by atoms with van der Waals surface area (Å²) in [5.74, 6) is -0.370. The fraction of sp³-hybridized carbons (Fsp3) is 0.231. The molecule has 0 aliphatic carbocycles. The molecule has 5 aromatic rings. The lowest BCUT2D eigenvalue weighted by Gasteiger charge is -2.20. The normalized spacial score (nSPS) is 16.5. The number of ether oxygens (including phenoxy) is 1. The summed E-state index contributed by atoms with van der Waals surface area (Å²) in [5, 5.41) is 4.73. The molecule has 1 aliphatic rings. The maximum absolute atomic E-state index is 14.0. The summed E-state index contributed by atoms with van der Waals surface area (Å²) >= 11 is 0. The number of rotatable bonds is 4. The second-order valence-corrected chi connectivity index (χ2v) is 9.01. The van der Waals surface area contributed by atoms with Crippen LogP contribution >= 0.6 is 0 Å². The summed E-state index contributed by atoms with van der Waals surface area (Å²) < 4.78 is 65.9. The molecule has 0 spiro atoms. The van der Waals surface area contributed by atoms with Crippen molar-refractivity contribution < 1.29 is 25.4 Å². The van der Waals surface area contributed by atoms with Crippen molar-refractivity contribution in [1.29, 1.82) is 0 Å². The zero-order chi connectivity index (χ0) is 28.6. The van der Waals surface area contributed by atoms with Gasteiger partial charge in [0.2, 0.25) is 0 Å². The Balaban J connectivity index is 1.47. The monoisotopic (exact) mass is 523 g/mol. The van der Waals surface area contributed by atoms with E-state index in [-0.39, 0.29) is 35.3 Å². The van der Waals surface area contributed by atoms with E-state index in [1.54, 1.807) is 19.2 Å². The minimum atomic E-state index is -4.59. The van der Waals surface area contributed by atoms with Crippen LogP contribution in [0.2, 0.25) is 0 Å². The lowest BCUT2D eigenvalue weighted by atomic mass is 10.00. The van der Waals surface area contributed by atoms with E-state index in [4.69, 9.17) is 13.2 Å². The first-order valence-electron chi connectivity index (χ1n) is 12.6. The van der Waals surface area contributed by atoms with Crippen LogP contribution in [0.4, 0.5) is 24.7 Å². The number of amides is 1. The Morgan fingerprint density at radius 3 is 2.79 bits per heavy atom. The van der Waals surface area contributed by atoms with Gasteiger partial charge in [0.15, 0.2) is 0 Å². The molecular weight excluding hydrogens is 499 g/mol. The molecule has 0 unspecified atom stereocenters. The van der Waals surface area contributed by atoms with Gasteiger partial charge in [-0.05, 0) is 42.8 Å². The largest absolute Gasteiger partial charge is 0.417 e. The van der Waals surface area contributed by atoms with Gasteiger partial charge in [-0.25, -0.2) is 9.97 Å². The van der Waals surface area contributed by atoms with Crippen LogP contribution in [0, 0.1) is 0 Å². The highest BCUT2D eigenvalue weighted by Crippen LogP contribution is 2.38. The summed E-state index contributed by atoms with van der Waals surface area (Å²) in [4.78, 5) is 23.6. The third kappa shape index (κ3) is 4.02. The van der Waals surface area contributed by atoms with E-state index >= 15 is 0 Å². The van der Waals surface area contributed by atoms with Crippen LogP contribution in [0.15, 0.2) is 55.1 Å². The Morgan fingerprint density at radius 2 is 2.05 bits per heavy atom. The first kappa shape index (κ1) is 21.6. The second-order valence-electron chi connectivity index (χ2n) is 9.01. The van der Waals surface area contributed by atoms with Gasteiger partial charge in [0.1, 0.15) is 11.5 Å². The van der Waals surface area contributed by atoms with Gasteiger partial charge in [-0.2, -0.15) is 18.3 Å². The SMILES string of the molecule is [2H]C([2H])(c1cn2cc(C(F)(F)F)ccc2n1)N(C(=O)c1ccc2nc(N)c3c(c2c1)CO[C@@H]3C)c1cnn(C)c1. The van der Waals surface area contributed by atoms with E-state index in [0.29, 0.717) is 16.7 Å². The number of nitrogens with two attached hydrogens (primary N) is 1. The zero-order valence-corrected chi connectivity index (χ0v) is 20.2. The van der Waals surface area contributed by atoms with Crippen LogP contribution in [-0.2, 0) is 31.1 Å². The fourth-order valence-corrected chi connectivity index (χ4v) is 4.61. The number of nitrogens with zero attached hydrogens (tertiary/aromatic N) is 6. The molecule has 0 fully saturated rings. The molecule has 6 rings (SSSR count). The van der Waals surface area contributed by atoms with Crippen molar-refractivity contribution in [2.45, 2.75) is 32.3 Å². The first-order valence-corrected chi connectivity index (χ1v) is 11.6. The smallest absolute Gasteiger partial charge is 0.383 e. The molecule has 9 nitrogen and oxygen atoms in total. The molecule has 1 amide bonds. The second kappa shape index (κ2) is 8.55. The lowest BCUT2D eigenvalue weighted by Crippen LogP contribution is -2.30. The fourth-order valence-electron chi connectivity index (χ4n) is 4.61. The number of alkyl halides is 3. The minimum Gasteiger partial charge on any atom is -0.383 e. The number of carbonyl (C=O) groups excluding carboxylic acids is 1. The standard InChI is InChI=1S/C26H22F3N7O2/c1-14-23-20(13-38-14)19-7-15(3-5-21(19)33-24(23)30)25(37)36(18-8-31-34(2)12-18)11-17-10-35-9-16(26(27,28)29)4-6-22(35)32-17/h3-10,12,14H,11,13H2,1-2H3,(H2,30,33)/t14-/m1/s1/i11D2. The number of aryl methyl sites for hydroxylation is 1. The molecular formula is C26H22F3N7O2. The van der Waals surface area contributed by atoms with Crippen molar-refractivity contribution in [2.75, 3.05) is 10.6 Å². The number of hydrogen-bond donors (Lipinski definition) is 1. The Hall–Kier alpha value is -4.45. The topological polar surface area (TPSA) is 104 Å². The average molecular weight is 524 g/mol. The lowest BCUT2D eigenvalue weighted by molar-refractivity contribution is -0.137. The highest BCUT2D eigenvalue weighted by Gasteiger charge is 2.31. The van der Waals surface area contributed by atoms with E-state index in [1.807, 2.05) is 6.92 Å². The summed E-state index contributed by atoms with van der Waals surface area (Å²) in [6.45, 7) is -0.444. The van der Waals surface area contributed by atoms with E-state index in [9.17, 15) is 18.0 Å². The van der Waals surface area contributed by atoms with Crippen LogP contribution in [0.3, 0.4) is 0 Å². The van der Waals surface area contributed by atoms with E-state index in [0.717, 1.165) is 45.0 Å². The van der Waals surface area contributed by atoms with Crippen LogP contribution in [-0.4, -0.2) is 30.1 Å². The molecule has 2 N–H and O–H groups in total. The average Bonchev–Trinajstić information content (AvgIpc) is 3.61. The highest BCUT2D eigenvalue weighted by molar-refractivity contribution is 6.08. The summed E-state index contributed by atoms with van der Waals surface area (Å²) in [6.07, 6.45) is -0.106. The maximum atomic E-state index is 14.0. The minimum absolute atomic E-state index is 0.0875. The molecule has 4 aromatic heterocycles. The summed E-state index contributed by atoms with van der Waals surface area (Å²) in [6, 6.07) is 6.77. The van der Waals surface area contributed by atoms with Crippen molar-refractivity contribution >= 4 is 34.0 Å². The van der Waals surface area contributed by atoms with E-state index in [2.05, 4.69) is 15.1 Å². The predicted octanol–water partition coefficient (Wildman–Crippen LogP) is 4.66. The highest BCUT2D eigenvalue weighted by atomic mass is 19.4. The molecule has 12 heteroatoms. The molecule has 38 heavy (non-hydrogen) atoms. The Kier molecular flexibility index (Phi) is 4.87. The van der Waals surface area contributed by atoms with Gasteiger partial charge in [0, 0.05) is 42.2 Å². The number of pyridine rings is 2. The third-order valence-corrected chi connectivity index (χ3v) is 6.45. The number of fused-ring (bicyclic) bond motifs is 4. The number of carbonyl (C=O) groups is 1. The quantitative estimate of drug-likeness (QED) is 0.368. The molecule has 1 atom stereocenters. The van der Waals surface area contributed by atoms with Crippen molar-refractivity contribution in [2.24, 2.45) is 7.05 Å². The molecule has 194 valence electrons. The van der Waals surface area contributed by atoms with Gasteiger partial charge in [-0.3, -0.25) is 14.4 Å². The number of nitrogen functional groups attached to an aromatic ring is 1. The molecule has 1 aliphatic heterocycles. The zero-order valence-electron chi connectivity index (χ0n) is 22.2. The number of anilines is 2.